The molecule has 14 heavy (non-hydrogen) atoms. The molecule has 0 saturated heterocycles. The number of benzene rings is 1. The maximum absolute atomic E-state index is 5.97. The Morgan fingerprint density at radius 3 is 3.00 bits per heavy atom. The fraction of sp³-hybridized carbons (Fsp3) is 0.455. The van der Waals surface area contributed by atoms with Crippen molar-refractivity contribution in [3.63, 3.8) is 0 Å². The van der Waals surface area contributed by atoms with Crippen molar-refractivity contribution < 1.29 is 4.74 Å². The van der Waals surface area contributed by atoms with E-state index < -0.39 is 0 Å². The third kappa shape index (κ3) is 2.22. The molecule has 1 heterocycles. The molecule has 1 aromatic rings. The Morgan fingerprint density at radius 2 is 2.29 bits per heavy atom. The number of fused-ring (bicyclic) bond motifs is 1. The zero-order valence-corrected chi connectivity index (χ0v) is 9.36. The molecule has 0 aliphatic carbocycles. The fourth-order valence-electron chi connectivity index (χ4n) is 1.58. The summed E-state index contributed by atoms with van der Waals surface area (Å²) in [4.78, 5) is 1.24. The molecule has 0 radical (unpaired) electrons. The van der Waals surface area contributed by atoms with Gasteiger partial charge in [0.05, 0.1) is 4.90 Å². The van der Waals surface area contributed by atoms with Gasteiger partial charge in [0.15, 0.2) is 0 Å². The zero-order valence-electron chi connectivity index (χ0n) is 8.54. The van der Waals surface area contributed by atoms with Crippen LogP contribution in [0.4, 0.5) is 0 Å². The van der Waals surface area contributed by atoms with E-state index in [1.807, 2.05) is 19.9 Å². The van der Waals surface area contributed by atoms with E-state index in [2.05, 4.69) is 12.1 Å². The molecule has 0 bridgehead atoms. The van der Waals surface area contributed by atoms with Crippen LogP contribution in [-0.4, -0.2) is 11.5 Å². The Kier molecular flexibility index (Phi) is 2.45. The number of hydrogen-bond acceptors (Lipinski definition) is 3. The van der Waals surface area contributed by atoms with Gasteiger partial charge in [-0.05, 0) is 38.0 Å². The highest BCUT2D eigenvalue weighted by molar-refractivity contribution is 7.99. The minimum Gasteiger partial charge on any atom is -0.481 e. The molecule has 1 aliphatic heterocycles. The summed E-state index contributed by atoms with van der Waals surface area (Å²) < 4.78 is 5.42. The highest BCUT2D eigenvalue weighted by atomic mass is 32.2. The molecule has 0 saturated carbocycles. The van der Waals surface area contributed by atoms with Crippen LogP contribution in [-0.2, 0) is 6.42 Å². The van der Waals surface area contributed by atoms with Crippen LogP contribution in [0.3, 0.4) is 0 Å². The van der Waals surface area contributed by atoms with E-state index in [0.717, 1.165) is 18.1 Å². The van der Waals surface area contributed by atoms with Crippen LogP contribution >= 0.6 is 11.8 Å². The van der Waals surface area contributed by atoms with E-state index in [4.69, 9.17) is 10.5 Å². The van der Waals surface area contributed by atoms with E-state index in [-0.39, 0.29) is 5.54 Å². The van der Waals surface area contributed by atoms with Gasteiger partial charge in [0.25, 0.3) is 0 Å². The number of nitrogens with two attached hydrogens (primary N) is 1. The van der Waals surface area contributed by atoms with E-state index in [1.54, 1.807) is 11.8 Å². The number of ether oxygens (including phenoxy) is 1. The summed E-state index contributed by atoms with van der Waals surface area (Å²) >= 11 is 1.74. The maximum atomic E-state index is 5.97. The average Bonchev–Trinajstić information content (AvgIpc) is 2.47. The maximum Gasteiger partial charge on any atom is 0.138 e. The van der Waals surface area contributed by atoms with Gasteiger partial charge in [-0.3, -0.25) is 0 Å². The summed E-state index contributed by atoms with van der Waals surface area (Å²) in [5, 5.41) is 0. The van der Waals surface area contributed by atoms with E-state index in [0.29, 0.717) is 0 Å². The van der Waals surface area contributed by atoms with E-state index >= 15 is 0 Å². The summed E-state index contributed by atoms with van der Waals surface area (Å²) in [6.45, 7) is 4.09. The smallest absolute Gasteiger partial charge is 0.138 e. The molecule has 3 heteroatoms. The lowest BCUT2D eigenvalue weighted by molar-refractivity contribution is 0.397. The van der Waals surface area contributed by atoms with Crippen molar-refractivity contribution in [1.82, 2.24) is 0 Å². The summed E-state index contributed by atoms with van der Waals surface area (Å²) in [5.41, 5.74) is 7.12. The fourth-order valence-corrected chi connectivity index (χ4v) is 2.39. The van der Waals surface area contributed by atoms with E-state index in [1.165, 1.54) is 10.5 Å². The Labute approximate surface area is 88.8 Å². The Morgan fingerprint density at radius 1 is 1.50 bits per heavy atom. The predicted octanol–water partition coefficient (Wildman–Crippen LogP) is 2.41. The van der Waals surface area contributed by atoms with Crippen LogP contribution in [0.25, 0.3) is 0 Å². The molecule has 0 fully saturated rings. The lowest BCUT2D eigenvalue weighted by Gasteiger charge is -2.18. The summed E-state index contributed by atoms with van der Waals surface area (Å²) in [7, 11) is 0. The van der Waals surface area contributed by atoms with Crippen molar-refractivity contribution in [2.24, 2.45) is 5.73 Å². The van der Waals surface area contributed by atoms with Gasteiger partial charge in [-0.2, -0.15) is 0 Å². The monoisotopic (exact) mass is 209 g/mol. The lowest BCUT2D eigenvalue weighted by atomic mass is 9.96. The van der Waals surface area contributed by atoms with Crippen LogP contribution in [0.1, 0.15) is 19.4 Å². The molecule has 0 unspecified atom stereocenters. The van der Waals surface area contributed by atoms with Gasteiger partial charge in [-0.25, -0.2) is 0 Å². The zero-order chi connectivity index (χ0) is 10.2. The molecule has 1 aliphatic rings. The summed E-state index contributed by atoms with van der Waals surface area (Å²) in [5.74, 6) is 1.75. The molecule has 0 aromatic heterocycles. The second-order valence-corrected chi connectivity index (χ2v) is 5.32. The van der Waals surface area contributed by atoms with Crippen molar-refractivity contribution in [2.45, 2.75) is 30.7 Å². The molecule has 0 amide bonds. The van der Waals surface area contributed by atoms with Crippen molar-refractivity contribution in [3.05, 3.63) is 23.8 Å². The first-order valence-corrected chi connectivity index (χ1v) is 5.71. The largest absolute Gasteiger partial charge is 0.481 e. The van der Waals surface area contributed by atoms with Gasteiger partial charge < -0.3 is 10.5 Å². The second kappa shape index (κ2) is 3.48. The highest BCUT2D eigenvalue weighted by Gasteiger charge is 2.16. The van der Waals surface area contributed by atoms with Crippen LogP contribution in [0.15, 0.2) is 23.1 Å². The first-order valence-electron chi connectivity index (χ1n) is 4.72. The highest BCUT2D eigenvalue weighted by Crippen LogP contribution is 2.36. The van der Waals surface area contributed by atoms with Crippen molar-refractivity contribution in [3.8, 4) is 5.75 Å². The molecule has 2 N–H and O–H groups in total. The molecule has 76 valence electrons. The second-order valence-electron chi connectivity index (χ2n) is 4.35. The van der Waals surface area contributed by atoms with Gasteiger partial charge in [0.2, 0.25) is 0 Å². The van der Waals surface area contributed by atoms with Gasteiger partial charge in [0.1, 0.15) is 11.7 Å². The predicted molar refractivity (Wildman–Crippen MR) is 59.8 cm³/mol. The van der Waals surface area contributed by atoms with Crippen molar-refractivity contribution in [2.75, 3.05) is 5.94 Å². The van der Waals surface area contributed by atoms with E-state index in [9.17, 15) is 0 Å². The SMILES string of the molecule is CC(C)(N)Cc1ccc2c(c1)SCO2. The molecule has 2 rings (SSSR count). The number of thioether (sulfide) groups is 1. The quantitative estimate of drug-likeness (QED) is 0.812. The van der Waals surface area contributed by atoms with Gasteiger partial charge in [-0.1, -0.05) is 17.8 Å². The van der Waals surface area contributed by atoms with Gasteiger partial charge >= 0.3 is 0 Å². The molecule has 1 aromatic carbocycles. The van der Waals surface area contributed by atoms with Crippen molar-refractivity contribution >= 4 is 11.8 Å². The minimum absolute atomic E-state index is 0.141. The Balaban J connectivity index is 2.21. The normalized spacial score (nSPS) is 15.1. The third-order valence-electron chi connectivity index (χ3n) is 2.10. The van der Waals surface area contributed by atoms with Crippen LogP contribution in [0, 0.1) is 0 Å². The first kappa shape index (κ1) is 9.87. The van der Waals surface area contributed by atoms with Crippen LogP contribution in [0.2, 0.25) is 0 Å². The van der Waals surface area contributed by atoms with Crippen LogP contribution in [0.5, 0.6) is 5.75 Å². The third-order valence-corrected chi connectivity index (χ3v) is 2.96. The molecule has 0 spiro atoms. The summed E-state index contributed by atoms with van der Waals surface area (Å²) in [6.07, 6.45) is 0.904. The first-order chi connectivity index (χ1) is 6.54. The Hall–Kier alpha value is -0.670. The standard InChI is InChI=1S/C11H15NOS/c1-11(2,12)6-8-3-4-9-10(5-8)14-7-13-9/h3-5H,6-7,12H2,1-2H3. The van der Waals surface area contributed by atoms with Crippen LogP contribution < -0.4 is 10.5 Å². The topological polar surface area (TPSA) is 35.2 Å². The van der Waals surface area contributed by atoms with Gasteiger partial charge in [0, 0.05) is 5.54 Å². The number of hydrogen-bond donors (Lipinski definition) is 1. The number of rotatable bonds is 2. The average molecular weight is 209 g/mol. The van der Waals surface area contributed by atoms with Gasteiger partial charge in [-0.15, -0.1) is 0 Å². The van der Waals surface area contributed by atoms with Crippen molar-refractivity contribution in [1.29, 1.82) is 0 Å². The lowest BCUT2D eigenvalue weighted by Crippen LogP contribution is -2.34. The molecule has 2 nitrogen and oxygen atoms in total. The summed E-state index contributed by atoms with van der Waals surface area (Å²) in [6, 6.07) is 6.32. The molecule has 0 atom stereocenters. The molecular formula is C11H15NOS. The minimum atomic E-state index is -0.141. The Bertz CT molecular complexity index is 344. The molecular weight excluding hydrogens is 194 g/mol.